The summed E-state index contributed by atoms with van der Waals surface area (Å²) in [5, 5.41) is 0. The number of hydrogen-bond donors (Lipinski definition) is 0. The number of hydrogen-bond acceptors (Lipinski definition) is 5. The van der Waals surface area contributed by atoms with E-state index < -0.39 is 0 Å². The lowest BCUT2D eigenvalue weighted by Gasteiger charge is -2.28. The largest absolute Gasteiger partial charge is 0.376 e. The second kappa shape index (κ2) is 6.90. The fourth-order valence-corrected chi connectivity index (χ4v) is 5.24. The SMILES string of the molecule is Cc1ncsc1CN1C[C@@H]2CCC[C@]2(COCc2cccnc2)C1. The molecule has 1 aliphatic heterocycles. The first kappa shape index (κ1) is 16.2. The van der Waals surface area contributed by atoms with Crippen molar-refractivity contribution in [2.24, 2.45) is 11.3 Å². The van der Waals surface area contributed by atoms with Gasteiger partial charge in [0.15, 0.2) is 0 Å². The maximum atomic E-state index is 6.14. The van der Waals surface area contributed by atoms with Crippen molar-refractivity contribution in [3.63, 3.8) is 0 Å². The van der Waals surface area contributed by atoms with Gasteiger partial charge in [-0.05, 0) is 37.3 Å². The lowest BCUT2D eigenvalue weighted by atomic mass is 9.81. The zero-order valence-corrected chi connectivity index (χ0v) is 15.1. The van der Waals surface area contributed by atoms with E-state index in [-0.39, 0.29) is 0 Å². The predicted octanol–water partition coefficient (Wildman–Crippen LogP) is 3.67. The molecular weight excluding hydrogens is 318 g/mol. The van der Waals surface area contributed by atoms with E-state index in [0.717, 1.165) is 19.1 Å². The van der Waals surface area contributed by atoms with Crippen molar-refractivity contribution >= 4 is 11.3 Å². The molecule has 0 N–H and O–H groups in total. The zero-order valence-electron chi connectivity index (χ0n) is 14.3. The Bertz CT molecular complexity index is 674. The Morgan fingerprint density at radius 3 is 3.21 bits per heavy atom. The van der Waals surface area contributed by atoms with E-state index in [1.807, 2.05) is 24.0 Å². The van der Waals surface area contributed by atoms with Crippen LogP contribution in [0.1, 0.15) is 35.4 Å². The van der Waals surface area contributed by atoms with Gasteiger partial charge in [0.05, 0.1) is 24.4 Å². The first-order valence-electron chi connectivity index (χ1n) is 8.83. The fraction of sp³-hybridized carbons (Fsp3) is 0.579. The number of aryl methyl sites for hydroxylation is 1. The Hall–Kier alpha value is -1.30. The number of thiazole rings is 1. The van der Waals surface area contributed by atoms with E-state index in [1.165, 1.54) is 48.5 Å². The molecule has 5 heteroatoms. The van der Waals surface area contributed by atoms with E-state index >= 15 is 0 Å². The molecule has 2 atom stereocenters. The highest BCUT2D eigenvalue weighted by Crippen LogP contribution is 2.49. The Balaban J connectivity index is 1.37. The Labute approximate surface area is 147 Å². The smallest absolute Gasteiger partial charge is 0.0798 e. The molecule has 1 aliphatic carbocycles. The van der Waals surface area contributed by atoms with Crippen molar-refractivity contribution in [1.82, 2.24) is 14.9 Å². The van der Waals surface area contributed by atoms with Crippen LogP contribution in [0.4, 0.5) is 0 Å². The normalized spacial score (nSPS) is 26.8. The summed E-state index contributed by atoms with van der Waals surface area (Å²) in [6, 6.07) is 4.06. The van der Waals surface area contributed by atoms with Gasteiger partial charge in [-0.25, -0.2) is 4.98 Å². The summed E-state index contributed by atoms with van der Waals surface area (Å²) in [7, 11) is 0. The van der Waals surface area contributed by atoms with Crippen LogP contribution in [0.5, 0.6) is 0 Å². The van der Waals surface area contributed by atoms with E-state index in [1.54, 1.807) is 11.3 Å². The first-order valence-corrected chi connectivity index (χ1v) is 9.71. The number of nitrogens with zero attached hydrogens (tertiary/aromatic N) is 3. The van der Waals surface area contributed by atoms with Crippen LogP contribution >= 0.6 is 11.3 Å². The number of likely N-dealkylation sites (tertiary alicyclic amines) is 1. The van der Waals surface area contributed by atoms with Crippen LogP contribution in [0.3, 0.4) is 0 Å². The van der Waals surface area contributed by atoms with Crippen LogP contribution in [0.2, 0.25) is 0 Å². The number of ether oxygens (including phenoxy) is 1. The zero-order chi connectivity index (χ0) is 16.4. The lowest BCUT2D eigenvalue weighted by Crippen LogP contribution is -2.32. The molecular formula is C19H25N3OS. The van der Waals surface area contributed by atoms with Crippen LogP contribution in [-0.4, -0.2) is 34.6 Å². The number of pyridine rings is 1. The summed E-state index contributed by atoms with van der Waals surface area (Å²) < 4.78 is 6.14. The maximum Gasteiger partial charge on any atom is 0.0798 e. The monoisotopic (exact) mass is 343 g/mol. The first-order chi connectivity index (χ1) is 11.8. The molecule has 4 nitrogen and oxygen atoms in total. The number of rotatable bonds is 6. The molecule has 2 fully saturated rings. The highest BCUT2D eigenvalue weighted by atomic mass is 32.1. The summed E-state index contributed by atoms with van der Waals surface area (Å²) in [6.07, 6.45) is 7.73. The molecule has 128 valence electrons. The average molecular weight is 343 g/mol. The third kappa shape index (κ3) is 3.25. The van der Waals surface area contributed by atoms with Crippen molar-refractivity contribution in [2.45, 2.75) is 39.3 Å². The van der Waals surface area contributed by atoms with E-state index in [4.69, 9.17) is 4.74 Å². The maximum absolute atomic E-state index is 6.14. The van der Waals surface area contributed by atoms with Crippen molar-refractivity contribution in [1.29, 1.82) is 0 Å². The molecule has 4 rings (SSSR count). The molecule has 0 radical (unpaired) electrons. The Morgan fingerprint density at radius 1 is 1.46 bits per heavy atom. The highest BCUT2D eigenvalue weighted by Gasteiger charge is 2.49. The number of aromatic nitrogens is 2. The minimum absolute atomic E-state index is 0.362. The van der Waals surface area contributed by atoms with Gasteiger partial charge in [-0.1, -0.05) is 12.5 Å². The Morgan fingerprint density at radius 2 is 2.42 bits per heavy atom. The van der Waals surface area contributed by atoms with Gasteiger partial charge in [-0.3, -0.25) is 9.88 Å². The third-order valence-electron chi connectivity index (χ3n) is 5.70. The second-order valence-electron chi connectivity index (χ2n) is 7.34. The molecule has 3 heterocycles. The van der Waals surface area contributed by atoms with Gasteiger partial charge in [-0.15, -0.1) is 11.3 Å². The van der Waals surface area contributed by atoms with Gasteiger partial charge in [0, 0.05) is 42.3 Å². The van der Waals surface area contributed by atoms with Crippen LogP contribution in [-0.2, 0) is 17.9 Å². The van der Waals surface area contributed by atoms with Gasteiger partial charge in [0.25, 0.3) is 0 Å². The minimum atomic E-state index is 0.362. The Kier molecular flexibility index (Phi) is 4.66. The van der Waals surface area contributed by atoms with Gasteiger partial charge in [-0.2, -0.15) is 0 Å². The standard InChI is InChI=1S/C19H25N3OS/c1-15-18(24-14-21-15)10-22-9-17-5-2-6-19(17,12-22)13-23-11-16-4-3-7-20-8-16/h3-4,7-8,14,17H,2,5-6,9-13H2,1H3/t17-,19+/m0/s1. The highest BCUT2D eigenvalue weighted by molar-refractivity contribution is 7.09. The second-order valence-corrected chi connectivity index (χ2v) is 8.28. The molecule has 24 heavy (non-hydrogen) atoms. The van der Waals surface area contributed by atoms with Crippen molar-refractivity contribution in [3.05, 3.63) is 46.2 Å². The molecule has 1 saturated carbocycles. The van der Waals surface area contributed by atoms with Crippen molar-refractivity contribution in [2.75, 3.05) is 19.7 Å². The quantitative estimate of drug-likeness (QED) is 0.802. The van der Waals surface area contributed by atoms with E-state index in [0.29, 0.717) is 12.0 Å². The molecule has 2 aromatic rings. The van der Waals surface area contributed by atoms with Crippen molar-refractivity contribution < 1.29 is 4.74 Å². The van der Waals surface area contributed by atoms with Gasteiger partial charge in [0.1, 0.15) is 0 Å². The molecule has 2 aliphatic rings. The molecule has 2 aromatic heterocycles. The summed E-state index contributed by atoms with van der Waals surface area (Å²) >= 11 is 1.79. The van der Waals surface area contributed by atoms with E-state index in [9.17, 15) is 0 Å². The molecule has 0 amide bonds. The topological polar surface area (TPSA) is 38.2 Å². The lowest BCUT2D eigenvalue weighted by molar-refractivity contribution is 0.0265. The van der Waals surface area contributed by atoms with Crippen LogP contribution < -0.4 is 0 Å². The molecule has 0 aromatic carbocycles. The summed E-state index contributed by atoms with van der Waals surface area (Å²) in [5.74, 6) is 0.791. The van der Waals surface area contributed by atoms with Gasteiger partial charge >= 0.3 is 0 Å². The van der Waals surface area contributed by atoms with Crippen LogP contribution in [0.15, 0.2) is 30.0 Å². The third-order valence-corrected chi connectivity index (χ3v) is 6.62. The van der Waals surface area contributed by atoms with Crippen LogP contribution in [0, 0.1) is 18.3 Å². The molecule has 0 spiro atoms. The van der Waals surface area contributed by atoms with Crippen LogP contribution in [0.25, 0.3) is 0 Å². The molecule has 0 unspecified atom stereocenters. The molecule has 0 bridgehead atoms. The fourth-order valence-electron chi connectivity index (χ4n) is 4.42. The summed E-state index contributed by atoms with van der Waals surface area (Å²) in [4.78, 5) is 12.6. The van der Waals surface area contributed by atoms with Crippen molar-refractivity contribution in [3.8, 4) is 0 Å². The van der Waals surface area contributed by atoms with Gasteiger partial charge in [0.2, 0.25) is 0 Å². The average Bonchev–Trinajstić information content (AvgIpc) is 3.24. The molecule has 1 saturated heterocycles. The van der Waals surface area contributed by atoms with Gasteiger partial charge < -0.3 is 4.74 Å². The minimum Gasteiger partial charge on any atom is -0.376 e. The predicted molar refractivity (Wildman–Crippen MR) is 95.8 cm³/mol. The summed E-state index contributed by atoms with van der Waals surface area (Å²) in [6.45, 7) is 7.11. The summed E-state index contributed by atoms with van der Waals surface area (Å²) in [5.41, 5.74) is 4.69. The number of fused-ring (bicyclic) bond motifs is 1. The van der Waals surface area contributed by atoms with E-state index in [2.05, 4.69) is 27.9 Å².